The van der Waals surface area contributed by atoms with E-state index in [1.807, 2.05) is 48.5 Å². The molecule has 5 nitrogen and oxygen atoms in total. The molecule has 0 bridgehead atoms. The van der Waals surface area contributed by atoms with Gasteiger partial charge < -0.3 is 14.5 Å². The molecule has 0 spiro atoms. The van der Waals surface area contributed by atoms with Crippen LogP contribution in [0.2, 0.25) is 0 Å². The largest absolute Gasteiger partial charge is 0.497 e. The number of aromatic nitrogens is 1. The molecule has 0 saturated heterocycles. The lowest BCUT2D eigenvalue weighted by atomic mass is 10.1. The summed E-state index contributed by atoms with van der Waals surface area (Å²) in [4.78, 5) is 16.2. The van der Waals surface area contributed by atoms with Gasteiger partial charge in [-0.2, -0.15) is 0 Å². The average Bonchev–Trinajstić information content (AvgIpc) is 3.07. The first-order valence-electron chi connectivity index (χ1n) is 8.10. The SMILES string of the molecule is COc1ccc(CCC(=O)Nc2ccc(-c3cnc(C)o3)cc2)cc1. The molecule has 0 saturated carbocycles. The molecular weight excluding hydrogens is 316 g/mol. The number of nitrogens with zero attached hydrogens (tertiary/aromatic N) is 1. The topological polar surface area (TPSA) is 64.4 Å². The summed E-state index contributed by atoms with van der Waals surface area (Å²) in [6.07, 6.45) is 2.80. The van der Waals surface area contributed by atoms with Crippen molar-refractivity contribution >= 4 is 11.6 Å². The second-order valence-electron chi connectivity index (χ2n) is 5.72. The van der Waals surface area contributed by atoms with Crippen LogP contribution in [0.3, 0.4) is 0 Å². The number of hydrogen-bond donors (Lipinski definition) is 1. The molecule has 1 amide bonds. The first-order valence-corrected chi connectivity index (χ1v) is 8.10. The standard InChI is InChI=1S/C20H20N2O3/c1-14-21-13-19(25-14)16-6-8-17(9-7-16)22-20(23)12-5-15-3-10-18(24-2)11-4-15/h3-4,6-11,13H,5,12H2,1-2H3,(H,22,23). The lowest BCUT2D eigenvalue weighted by molar-refractivity contribution is -0.116. The lowest BCUT2D eigenvalue weighted by Gasteiger charge is -2.07. The molecule has 0 radical (unpaired) electrons. The van der Waals surface area contributed by atoms with E-state index in [4.69, 9.17) is 9.15 Å². The van der Waals surface area contributed by atoms with E-state index in [1.54, 1.807) is 20.2 Å². The van der Waals surface area contributed by atoms with E-state index < -0.39 is 0 Å². The summed E-state index contributed by atoms with van der Waals surface area (Å²) in [5.41, 5.74) is 2.79. The van der Waals surface area contributed by atoms with Crippen molar-refractivity contribution in [1.29, 1.82) is 0 Å². The molecule has 128 valence electrons. The summed E-state index contributed by atoms with van der Waals surface area (Å²) >= 11 is 0. The van der Waals surface area contributed by atoms with Gasteiger partial charge >= 0.3 is 0 Å². The molecule has 1 heterocycles. The number of rotatable bonds is 6. The second kappa shape index (κ2) is 7.66. The van der Waals surface area contributed by atoms with Crippen molar-refractivity contribution in [3.05, 3.63) is 66.2 Å². The molecular formula is C20H20N2O3. The Hall–Kier alpha value is -3.08. The molecule has 0 unspecified atom stereocenters. The van der Waals surface area contributed by atoms with Gasteiger partial charge in [0, 0.05) is 24.6 Å². The summed E-state index contributed by atoms with van der Waals surface area (Å²) in [7, 11) is 1.64. The van der Waals surface area contributed by atoms with Gasteiger partial charge in [-0.15, -0.1) is 0 Å². The van der Waals surface area contributed by atoms with Crippen LogP contribution in [0.1, 0.15) is 17.9 Å². The van der Waals surface area contributed by atoms with Crippen molar-refractivity contribution in [1.82, 2.24) is 4.98 Å². The minimum atomic E-state index is -0.0147. The van der Waals surface area contributed by atoms with Gasteiger partial charge in [-0.25, -0.2) is 4.98 Å². The number of oxazole rings is 1. The fourth-order valence-corrected chi connectivity index (χ4v) is 2.49. The van der Waals surface area contributed by atoms with Crippen LogP contribution >= 0.6 is 0 Å². The Bertz CT molecular complexity index is 836. The Morgan fingerprint density at radius 2 is 1.84 bits per heavy atom. The number of ether oxygens (including phenoxy) is 1. The minimum absolute atomic E-state index is 0.0147. The van der Waals surface area contributed by atoms with Gasteiger partial charge in [-0.3, -0.25) is 4.79 Å². The minimum Gasteiger partial charge on any atom is -0.497 e. The predicted molar refractivity (Wildman–Crippen MR) is 96.6 cm³/mol. The highest BCUT2D eigenvalue weighted by molar-refractivity contribution is 5.91. The van der Waals surface area contributed by atoms with Crippen LogP contribution in [0, 0.1) is 6.92 Å². The number of anilines is 1. The van der Waals surface area contributed by atoms with Crippen molar-refractivity contribution in [2.24, 2.45) is 0 Å². The molecule has 0 aliphatic rings. The summed E-state index contributed by atoms with van der Waals surface area (Å²) in [5, 5.41) is 2.91. The molecule has 2 aromatic carbocycles. The predicted octanol–water partition coefficient (Wildman–Crippen LogP) is 4.23. The number of hydrogen-bond acceptors (Lipinski definition) is 4. The van der Waals surface area contributed by atoms with Gasteiger partial charge in [0.2, 0.25) is 5.91 Å². The molecule has 0 aliphatic heterocycles. The first-order chi connectivity index (χ1) is 12.1. The van der Waals surface area contributed by atoms with Crippen LogP contribution in [0.25, 0.3) is 11.3 Å². The number of carbonyl (C=O) groups is 1. The van der Waals surface area contributed by atoms with Crippen LogP contribution in [0.4, 0.5) is 5.69 Å². The Labute approximate surface area is 146 Å². The highest BCUT2D eigenvalue weighted by atomic mass is 16.5. The van der Waals surface area contributed by atoms with Crippen molar-refractivity contribution in [2.75, 3.05) is 12.4 Å². The fraction of sp³-hybridized carbons (Fsp3) is 0.200. The Balaban J connectivity index is 1.53. The Morgan fingerprint density at radius 3 is 2.44 bits per heavy atom. The molecule has 3 aromatic rings. The van der Waals surface area contributed by atoms with Crippen LogP contribution in [0.15, 0.2) is 59.1 Å². The molecule has 25 heavy (non-hydrogen) atoms. The van der Waals surface area contributed by atoms with Crippen LogP contribution in [-0.2, 0) is 11.2 Å². The maximum Gasteiger partial charge on any atom is 0.224 e. The number of amides is 1. The highest BCUT2D eigenvalue weighted by Crippen LogP contribution is 2.22. The zero-order valence-corrected chi connectivity index (χ0v) is 14.3. The van der Waals surface area contributed by atoms with Crippen molar-refractivity contribution in [3.8, 4) is 17.1 Å². The zero-order chi connectivity index (χ0) is 17.6. The number of methoxy groups -OCH3 is 1. The van der Waals surface area contributed by atoms with Gasteiger partial charge in [0.1, 0.15) is 5.75 Å². The Morgan fingerprint density at radius 1 is 1.12 bits per heavy atom. The third kappa shape index (κ3) is 4.47. The highest BCUT2D eigenvalue weighted by Gasteiger charge is 2.06. The first kappa shape index (κ1) is 16.8. The van der Waals surface area contributed by atoms with Crippen molar-refractivity contribution in [2.45, 2.75) is 19.8 Å². The summed E-state index contributed by atoms with van der Waals surface area (Å²) in [5.74, 6) is 2.15. The maximum absolute atomic E-state index is 12.1. The van der Waals surface area contributed by atoms with Gasteiger partial charge in [0.15, 0.2) is 11.7 Å². The number of nitrogens with one attached hydrogen (secondary N) is 1. The molecule has 1 N–H and O–H groups in total. The third-order valence-electron chi connectivity index (χ3n) is 3.87. The number of carbonyl (C=O) groups excluding carboxylic acids is 1. The summed E-state index contributed by atoms with van der Waals surface area (Å²) in [6.45, 7) is 1.81. The molecule has 1 aromatic heterocycles. The van der Waals surface area contributed by atoms with E-state index in [2.05, 4.69) is 10.3 Å². The monoisotopic (exact) mass is 336 g/mol. The van der Waals surface area contributed by atoms with Gasteiger partial charge in [0.05, 0.1) is 13.3 Å². The zero-order valence-electron chi connectivity index (χ0n) is 14.3. The van der Waals surface area contributed by atoms with Crippen molar-refractivity contribution in [3.63, 3.8) is 0 Å². The molecule has 0 fully saturated rings. The van der Waals surface area contributed by atoms with E-state index in [-0.39, 0.29) is 5.91 Å². The number of benzene rings is 2. The second-order valence-corrected chi connectivity index (χ2v) is 5.72. The third-order valence-corrected chi connectivity index (χ3v) is 3.87. The molecule has 0 atom stereocenters. The molecule has 3 rings (SSSR count). The quantitative estimate of drug-likeness (QED) is 0.731. The summed E-state index contributed by atoms with van der Waals surface area (Å²) in [6, 6.07) is 15.3. The van der Waals surface area contributed by atoms with E-state index in [0.717, 1.165) is 28.3 Å². The van der Waals surface area contributed by atoms with Crippen LogP contribution in [-0.4, -0.2) is 18.0 Å². The average molecular weight is 336 g/mol. The molecule has 5 heteroatoms. The van der Waals surface area contributed by atoms with E-state index in [1.165, 1.54) is 0 Å². The van der Waals surface area contributed by atoms with Gasteiger partial charge in [0.25, 0.3) is 0 Å². The normalized spacial score (nSPS) is 10.5. The van der Waals surface area contributed by atoms with Crippen LogP contribution < -0.4 is 10.1 Å². The molecule has 0 aliphatic carbocycles. The summed E-state index contributed by atoms with van der Waals surface area (Å²) < 4.78 is 10.6. The Kier molecular flexibility index (Phi) is 5.14. The van der Waals surface area contributed by atoms with Crippen LogP contribution in [0.5, 0.6) is 5.75 Å². The van der Waals surface area contributed by atoms with E-state index in [0.29, 0.717) is 18.7 Å². The van der Waals surface area contributed by atoms with Gasteiger partial charge in [-0.1, -0.05) is 12.1 Å². The maximum atomic E-state index is 12.1. The number of aryl methyl sites for hydroxylation is 2. The van der Waals surface area contributed by atoms with E-state index in [9.17, 15) is 4.79 Å². The lowest BCUT2D eigenvalue weighted by Crippen LogP contribution is -2.12. The van der Waals surface area contributed by atoms with E-state index >= 15 is 0 Å². The van der Waals surface area contributed by atoms with Gasteiger partial charge in [-0.05, 0) is 48.4 Å². The fourth-order valence-electron chi connectivity index (χ4n) is 2.49. The van der Waals surface area contributed by atoms with Crippen molar-refractivity contribution < 1.29 is 13.9 Å². The smallest absolute Gasteiger partial charge is 0.224 e.